The number of alkyl halides is 1. The van der Waals surface area contributed by atoms with Gasteiger partial charge in [0.2, 0.25) is 0 Å². The second-order valence-corrected chi connectivity index (χ2v) is 5.41. The van der Waals surface area contributed by atoms with Crippen LogP contribution in [0.3, 0.4) is 0 Å². The number of benzene rings is 1. The molecule has 0 spiro atoms. The van der Waals surface area contributed by atoms with Gasteiger partial charge in [-0.1, -0.05) is 28.1 Å². The molecule has 5 heteroatoms. The Kier molecular flexibility index (Phi) is 4.96. The topological polar surface area (TPSA) is 58.6 Å². The molecule has 1 aliphatic rings. The first kappa shape index (κ1) is 14.5. The summed E-state index contributed by atoms with van der Waals surface area (Å²) in [6.07, 6.45) is 1.13. The Morgan fingerprint density at radius 3 is 2.53 bits per heavy atom. The van der Waals surface area contributed by atoms with Crippen molar-refractivity contribution in [2.24, 2.45) is 0 Å². The summed E-state index contributed by atoms with van der Waals surface area (Å²) in [7, 11) is 0. The third-order valence-electron chi connectivity index (χ3n) is 3.37. The van der Waals surface area contributed by atoms with Crippen molar-refractivity contribution in [2.45, 2.75) is 23.8 Å². The Hall–Kier alpha value is -0.910. The van der Waals surface area contributed by atoms with Crippen LogP contribution in [-0.4, -0.2) is 36.4 Å². The van der Waals surface area contributed by atoms with Gasteiger partial charge in [-0.25, -0.2) is 0 Å². The first-order chi connectivity index (χ1) is 9.13. The summed E-state index contributed by atoms with van der Waals surface area (Å²) in [5.41, 5.74) is 0.906. The fourth-order valence-corrected chi connectivity index (χ4v) is 2.39. The van der Waals surface area contributed by atoms with Crippen LogP contribution in [0.2, 0.25) is 0 Å². The average Bonchev–Trinajstić information content (AvgIpc) is 2.46. The number of nitrogens with one attached hydrogen (secondary N) is 1. The highest BCUT2D eigenvalue weighted by atomic mass is 79.9. The van der Waals surface area contributed by atoms with Gasteiger partial charge in [-0.15, -0.1) is 0 Å². The molecule has 1 amide bonds. The maximum Gasteiger partial charge on any atom is 0.251 e. The Morgan fingerprint density at radius 1 is 1.32 bits per heavy atom. The van der Waals surface area contributed by atoms with E-state index in [1.165, 1.54) is 0 Å². The Balaban J connectivity index is 1.89. The summed E-state index contributed by atoms with van der Waals surface area (Å²) in [5.74, 6) is -0.152. The van der Waals surface area contributed by atoms with Crippen LogP contribution in [0, 0.1) is 0 Å². The molecule has 0 atom stereocenters. The molecule has 0 aromatic heterocycles. The Labute approximate surface area is 121 Å². The molecule has 104 valence electrons. The van der Waals surface area contributed by atoms with Crippen LogP contribution in [-0.2, 0) is 10.1 Å². The van der Waals surface area contributed by atoms with E-state index in [0.717, 1.165) is 10.9 Å². The SMILES string of the molecule is O=C(NCC1(O)CCOCC1)c1ccc(CBr)cc1. The van der Waals surface area contributed by atoms with Crippen LogP contribution >= 0.6 is 15.9 Å². The summed E-state index contributed by atoms with van der Waals surface area (Å²) >= 11 is 3.36. The number of ether oxygens (including phenoxy) is 1. The zero-order valence-electron chi connectivity index (χ0n) is 10.7. The maximum absolute atomic E-state index is 12.0. The molecule has 1 fully saturated rings. The van der Waals surface area contributed by atoms with Crippen molar-refractivity contribution in [1.82, 2.24) is 5.32 Å². The van der Waals surface area contributed by atoms with Gasteiger partial charge in [-0.05, 0) is 17.7 Å². The van der Waals surface area contributed by atoms with Gasteiger partial charge in [-0.2, -0.15) is 0 Å². The fourth-order valence-electron chi connectivity index (χ4n) is 2.02. The lowest BCUT2D eigenvalue weighted by Crippen LogP contribution is -2.46. The largest absolute Gasteiger partial charge is 0.388 e. The van der Waals surface area contributed by atoms with Crippen LogP contribution in [0.5, 0.6) is 0 Å². The molecule has 1 aromatic carbocycles. The number of rotatable bonds is 4. The first-order valence-electron chi connectivity index (χ1n) is 6.36. The van der Waals surface area contributed by atoms with Crippen LogP contribution < -0.4 is 5.32 Å². The van der Waals surface area contributed by atoms with Crippen molar-refractivity contribution in [3.63, 3.8) is 0 Å². The quantitative estimate of drug-likeness (QED) is 0.830. The van der Waals surface area contributed by atoms with Gasteiger partial charge in [0.1, 0.15) is 0 Å². The lowest BCUT2D eigenvalue weighted by Gasteiger charge is -2.32. The van der Waals surface area contributed by atoms with Crippen molar-refractivity contribution in [3.8, 4) is 0 Å². The smallest absolute Gasteiger partial charge is 0.251 e. The normalized spacial score (nSPS) is 18.0. The van der Waals surface area contributed by atoms with E-state index >= 15 is 0 Å². The number of amides is 1. The highest BCUT2D eigenvalue weighted by molar-refractivity contribution is 9.08. The van der Waals surface area contributed by atoms with Gasteiger partial charge >= 0.3 is 0 Å². The number of aliphatic hydroxyl groups is 1. The third kappa shape index (κ3) is 4.03. The molecule has 2 N–H and O–H groups in total. The number of carbonyl (C=O) groups is 1. The third-order valence-corrected chi connectivity index (χ3v) is 4.02. The number of carbonyl (C=O) groups excluding carboxylic acids is 1. The maximum atomic E-state index is 12.0. The van der Waals surface area contributed by atoms with E-state index in [0.29, 0.717) is 31.6 Å². The van der Waals surface area contributed by atoms with E-state index in [-0.39, 0.29) is 12.5 Å². The molecule has 0 saturated carbocycles. The van der Waals surface area contributed by atoms with Crippen LogP contribution in [0.15, 0.2) is 24.3 Å². The lowest BCUT2D eigenvalue weighted by atomic mass is 9.94. The summed E-state index contributed by atoms with van der Waals surface area (Å²) in [5, 5.41) is 13.8. The van der Waals surface area contributed by atoms with Crippen molar-refractivity contribution in [2.75, 3.05) is 19.8 Å². The molecular weight excluding hydrogens is 310 g/mol. The summed E-state index contributed by atoms with van der Waals surface area (Å²) in [6.45, 7) is 1.37. The summed E-state index contributed by atoms with van der Waals surface area (Å²) < 4.78 is 5.20. The highest BCUT2D eigenvalue weighted by Gasteiger charge is 2.30. The van der Waals surface area contributed by atoms with E-state index < -0.39 is 5.60 Å². The summed E-state index contributed by atoms with van der Waals surface area (Å²) in [6, 6.07) is 7.40. The first-order valence-corrected chi connectivity index (χ1v) is 7.48. The molecule has 4 nitrogen and oxygen atoms in total. The van der Waals surface area contributed by atoms with Crippen LogP contribution in [0.1, 0.15) is 28.8 Å². The van der Waals surface area contributed by atoms with Gasteiger partial charge < -0.3 is 15.2 Å². The van der Waals surface area contributed by atoms with Gasteiger partial charge in [0.05, 0.1) is 5.60 Å². The van der Waals surface area contributed by atoms with E-state index in [4.69, 9.17) is 4.74 Å². The van der Waals surface area contributed by atoms with E-state index in [9.17, 15) is 9.90 Å². The van der Waals surface area contributed by atoms with Crippen molar-refractivity contribution >= 4 is 21.8 Å². The van der Waals surface area contributed by atoms with Gasteiger partial charge in [-0.3, -0.25) is 4.79 Å². The van der Waals surface area contributed by atoms with Gasteiger partial charge in [0, 0.05) is 43.5 Å². The van der Waals surface area contributed by atoms with E-state index in [1.54, 1.807) is 12.1 Å². The monoisotopic (exact) mass is 327 g/mol. The molecule has 0 unspecified atom stereocenters. The number of hydrogen-bond donors (Lipinski definition) is 2. The predicted octanol–water partition coefficient (Wildman–Crippen LogP) is 1.85. The fraction of sp³-hybridized carbons (Fsp3) is 0.500. The molecule has 0 radical (unpaired) electrons. The zero-order chi connectivity index (χ0) is 13.7. The van der Waals surface area contributed by atoms with E-state index in [2.05, 4.69) is 21.2 Å². The van der Waals surface area contributed by atoms with Crippen molar-refractivity contribution in [3.05, 3.63) is 35.4 Å². The molecule has 2 rings (SSSR count). The average molecular weight is 328 g/mol. The predicted molar refractivity (Wildman–Crippen MR) is 76.4 cm³/mol. The molecule has 19 heavy (non-hydrogen) atoms. The number of hydrogen-bond acceptors (Lipinski definition) is 3. The molecule has 1 saturated heterocycles. The molecule has 0 bridgehead atoms. The Morgan fingerprint density at radius 2 is 1.95 bits per heavy atom. The standard InChI is InChI=1S/C14H18BrNO3/c15-9-11-1-3-12(4-2-11)13(17)16-10-14(18)5-7-19-8-6-14/h1-4,18H,5-10H2,(H,16,17). The summed E-state index contributed by atoms with van der Waals surface area (Å²) in [4.78, 5) is 12.0. The molecule has 1 aromatic rings. The molecule has 0 aliphatic carbocycles. The lowest BCUT2D eigenvalue weighted by molar-refractivity contribution is -0.0605. The Bertz CT molecular complexity index is 427. The van der Waals surface area contributed by atoms with Crippen LogP contribution in [0.4, 0.5) is 0 Å². The van der Waals surface area contributed by atoms with Gasteiger partial charge in [0.25, 0.3) is 5.91 Å². The second kappa shape index (κ2) is 6.50. The molecular formula is C14H18BrNO3. The zero-order valence-corrected chi connectivity index (χ0v) is 12.3. The minimum absolute atomic E-state index is 0.152. The molecule has 1 aliphatic heterocycles. The second-order valence-electron chi connectivity index (χ2n) is 4.85. The van der Waals surface area contributed by atoms with Crippen molar-refractivity contribution in [1.29, 1.82) is 0 Å². The molecule has 1 heterocycles. The highest BCUT2D eigenvalue weighted by Crippen LogP contribution is 2.19. The minimum atomic E-state index is -0.830. The van der Waals surface area contributed by atoms with Gasteiger partial charge in [0.15, 0.2) is 0 Å². The van der Waals surface area contributed by atoms with E-state index in [1.807, 2.05) is 12.1 Å². The van der Waals surface area contributed by atoms with Crippen LogP contribution in [0.25, 0.3) is 0 Å². The number of halogens is 1. The van der Waals surface area contributed by atoms with Crippen molar-refractivity contribution < 1.29 is 14.6 Å². The minimum Gasteiger partial charge on any atom is -0.388 e.